The fourth-order valence-electron chi connectivity index (χ4n) is 6.94. The summed E-state index contributed by atoms with van der Waals surface area (Å²) in [6.45, 7) is 18.0. The van der Waals surface area contributed by atoms with Crippen LogP contribution in [0.25, 0.3) is 66.1 Å². The summed E-state index contributed by atoms with van der Waals surface area (Å²) >= 11 is -0.826. The van der Waals surface area contributed by atoms with Gasteiger partial charge in [0, 0.05) is 9.52 Å². The number of halogens is 2. The van der Waals surface area contributed by atoms with Gasteiger partial charge in [-0.05, 0) is 22.0 Å². The minimum atomic E-state index is -0.826. The zero-order valence-electron chi connectivity index (χ0n) is 33.9. The average Bonchev–Trinajstić information content (AvgIpc) is 3.87. The average molecular weight is 867 g/mol. The van der Waals surface area contributed by atoms with Gasteiger partial charge >= 0.3 is 37.9 Å². The van der Waals surface area contributed by atoms with Gasteiger partial charge in [0.25, 0.3) is 0 Å². The van der Waals surface area contributed by atoms with Gasteiger partial charge in [-0.3, -0.25) is 0 Å². The number of fused-ring (bicyclic) bond motifs is 2. The van der Waals surface area contributed by atoms with Crippen molar-refractivity contribution in [2.75, 3.05) is 0 Å². The van der Waals surface area contributed by atoms with Crippen molar-refractivity contribution in [2.45, 2.75) is 65.5 Å². The Morgan fingerprint density at radius 3 is 0.893 bits per heavy atom. The molecule has 0 atom stereocenters. The summed E-state index contributed by atoms with van der Waals surface area (Å²) in [5.74, 6) is 0. The van der Waals surface area contributed by atoms with E-state index in [-0.39, 0.29) is 10.8 Å². The Labute approximate surface area is 357 Å². The Morgan fingerprint density at radius 2 is 0.643 bits per heavy atom. The summed E-state index contributed by atoms with van der Waals surface area (Å²) in [6.07, 6.45) is 0. The molecule has 2 radical (unpaired) electrons. The van der Waals surface area contributed by atoms with Crippen molar-refractivity contribution in [3.05, 3.63) is 181 Å². The van der Waals surface area contributed by atoms with Crippen molar-refractivity contribution in [2.24, 2.45) is 0 Å². The number of rotatable bonds is 4. The molecular weight excluding hydrogens is 815 g/mol. The molecule has 0 bridgehead atoms. The van der Waals surface area contributed by atoms with E-state index in [9.17, 15) is 0 Å². The first-order valence-corrected chi connectivity index (χ1v) is 27.5. The molecule has 4 heteroatoms. The molecule has 0 saturated heterocycles. The second-order valence-corrected chi connectivity index (χ2v) is 20.7. The van der Waals surface area contributed by atoms with Gasteiger partial charge in [-0.2, -0.15) is 12.1 Å². The standard InChI is InChI=1S/2C25H23.C2H6Si.2ClH.Zr/c2*1-25(2,3)20-16-23-21(18-10-6-4-7-11-18)14-15-22(24(23)17-20)19-12-8-5-9-13-19;1-3-2;;;/h2*4-17H,1-3H3;1-2H3;2*1H;/q2*-1;;;;+4/p-2. The molecule has 8 aromatic carbocycles. The van der Waals surface area contributed by atoms with Gasteiger partial charge < -0.3 is 0 Å². The summed E-state index contributed by atoms with van der Waals surface area (Å²) in [4.78, 5) is 0. The van der Waals surface area contributed by atoms with Gasteiger partial charge in [-0.25, -0.2) is 0 Å². The zero-order valence-corrected chi connectivity index (χ0v) is 38.9. The minimum absolute atomic E-state index is 0.140. The fraction of sp³-hybridized carbons (Fsp3) is 0.192. The molecule has 282 valence electrons. The van der Waals surface area contributed by atoms with E-state index >= 15 is 0 Å². The van der Waals surface area contributed by atoms with Crippen LogP contribution in [0.4, 0.5) is 0 Å². The van der Waals surface area contributed by atoms with Gasteiger partial charge in [0.1, 0.15) is 0 Å². The van der Waals surface area contributed by atoms with Crippen LogP contribution in [-0.4, -0.2) is 9.52 Å². The summed E-state index contributed by atoms with van der Waals surface area (Å²) in [7, 11) is 11.0. The summed E-state index contributed by atoms with van der Waals surface area (Å²) < 4.78 is 0. The van der Waals surface area contributed by atoms with E-state index in [1.807, 2.05) is 0 Å². The van der Waals surface area contributed by atoms with Crippen molar-refractivity contribution in [1.82, 2.24) is 0 Å². The Kier molecular flexibility index (Phi) is 15.5. The molecule has 0 heterocycles. The predicted octanol–water partition coefficient (Wildman–Crippen LogP) is 16.5. The molecular formula is C52H52Cl2SiZr. The van der Waals surface area contributed by atoms with Gasteiger partial charge in [-0.1, -0.05) is 234 Å². The maximum atomic E-state index is 4.93. The van der Waals surface area contributed by atoms with E-state index in [1.54, 1.807) is 0 Å². The van der Waals surface area contributed by atoms with Crippen molar-refractivity contribution in [1.29, 1.82) is 0 Å². The molecule has 0 unspecified atom stereocenters. The van der Waals surface area contributed by atoms with Crippen LogP contribution in [0.1, 0.15) is 52.7 Å². The molecule has 0 N–H and O–H groups in total. The third-order valence-corrected chi connectivity index (χ3v) is 9.84. The van der Waals surface area contributed by atoms with Crippen molar-refractivity contribution >= 4 is 48.1 Å². The molecule has 0 fully saturated rings. The second-order valence-electron chi connectivity index (χ2n) is 16.0. The van der Waals surface area contributed by atoms with Crippen molar-refractivity contribution < 1.29 is 20.8 Å². The molecule has 0 aliphatic rings. The quantitative estimate of drug-likeness (QED) is 0.122. The first-order chi connectivity index (χ1) is 26.9. The SMILES string of the molecule is CC(C)(C)c1cc2c(-c3ccccc3)ccc(-c3ccccc3)c2[cH-]1.CC(C)(C)c1cc2c(-c3ccccc3)ccc(-c3ccccc3)c2[cH-]1.C[Si]C.[Cl][Zr+2][Cl]. The van der Waals surface area contributed by atoms with E-state index < -0.39 is 20.8 Å². The van der Waals surface area contributed by atoms with Crippen LogP contribution < -0.4 is 0 Å². The number of hydrogen-bond acceptors (Lipinski definition) is 0. The third kappa shape index (κ3) is 10.8. The molecule has 0 aliphatic heterocycles. The molecule has 8 aromatic rings. The van der Waals surface area contributed by atoms with E-state index in [1.165, 1.54) is 77.2 Å². The Hall–Kier alpha value is -3.78. The fourth-order valence-corrected chi connectivity index (χ4v) is 6.94. The first-order valence-electron chi connectivity index (χ1n) is 19.2. The van der Waals surface area contributed by atoms with Crippen LogP contribution in [0.5, 0.6) is 0 Å². The molecule has 0 nitrogen and oxygen atoms in total. The van der Waals surface area contributed by atoms with Gasteiger partial charge in [0.15, 0.2) is 0 Å². The normalized spacial score (nSPS) is 11.0. The van der Waals surface area contributed by atoms with Gasteiger partial charge in [-0.15, -0.1) is 44.8 Å². The van der Waals surface area contributed by atoms with Gasteiger partial charge in [0.2, 0.25) is 0 Å². The molecule has 0 saturated carbocycles. The third-order valence-electron chi connectivity index (χ3n) is 9.84. The number of hydrogen-bond donors (Lipinski definition) is 0. The van der Waals surface area contributed by atoms with Crippen LogP contribution >= 0.6 is 17.0 Å². The van der Waals surface area contributed by atoms with Crippen LogP contribution in [0.2, 0.25) is 13.1 Å². The molecule has 0 spiro atoms. The summed E-state index contributed by atoms with van der Waals surface area (Å²) in [6, 6.07) is 61.3. The van der Waals surface area contributed by atoms with Gasteiger partial charge in [0.05, 0.1) is 0 Å². The van der Waals surface area contributed by atoms with E-state index in [2.05, 4.69) is 224 Å². The van der Waals surface area contributed by atoms with E-state index in [0.29, 0.717) is 0 Å². The zero-order chi connectivity index (χ0) is 40.3. The van der Waals surface area contributed by atoms with E-state index in [4.69, 9.17) is 17.0 Å². The summed E-state index contributed by atoms with van der Waals surface area (Å²) in [5.41, 5.74) is 13.4. The molecule has 0 aliphatic carbocycles. The first kappa shape index (κ1) is 43.3. The molecule has 56 heavy (non-hydrogen) atoms. The number of benzene rings is 6. The van der Waals surface area contributed by atoms with Crippen LogP contribution in [0, 0.1) is 0 Å². The monoisotopic (exact) mass is 864 g/mol. The molecule has 0 amide bonds. The van der Waals surface area contributed by atoms with Crippen LogP contribution in [-0.2, 0) is 31.7 Å². The molecule has 0 aromatic heterocycles. The predicted molar refractivity (Wildman–Crippen MR) is 247 cm³/mol. The van der Waals surface area contributed by atoms with Crippen LogP contribution in [0.15, 0.2) is 170 Å². The van der Waals surface area contributed by atoms with Crippen molar-refractivity contribution in [3.8, 4) is 44.5 Å². The maximum absolute atomic E-state index is 4.93. The second kappa shape index (κ2) is 20.1. The summed E-state index contributed by atoms with van der Waals surface area (Å²) in [5, 5.41) is 5.38. The van der Waals surface area contributed by atoms with Crippen LogP contribution in [0.3, 0.4) is 0 Å². The van der Waals surface area contributed by atoms with E-state index in [0.717, 1.165) is 9.52 Å². The Bertz CT molecular complexity index is 2070. The topological polar surface area (TPSA) is 0 Å². The molecule has 8 rings (SSSR count). The Balaban J connectivity index is 0.000000188. The Morgan fingerprint density at radius 1 is 0.411 bits per heavy atom. The van der Waals surface area contributed by atoms with Crippen molar-refractivity contribution in [3.63, 3.8) is 0 Å².